The third-order valence-corrected chi connectivity index (χ3v) is 0.362. The van der Waals surface area contributed by atoms with Crippen LogP contribution in [0, 0.1) is 0 Å². The fourth-order valence-electron chi connectivity index (χ4n) is 0.0913. The van der Waals surface area contributed by atoms with Gasteiger partial charge in [0.25, 0.3) is 0 Å². The van der Waals surface area contributed by atoms with Crippen molar-refractivity contribution >= 4 is 13.9 Å². The molecule has 0 aliphatic rings. The molecular weight excluding hydrogens is 217 g/mol. The molecule has 0 spiro atoms. The predicted molar refractivity (Wildman–Crippen MR) is 48.8 cm³/mol. The summed E-state index contributed by atoms with van der Waals surface area (Å²) < 4.78 is 8.88. The van der Waals surface area contributed by atoms with Crippen LogP contribution in [-0.4, -0.2) is 39.0 Å². The summed E-state index contributed by atoms with van der Waals surface area (Å²) in [4.78, 5) is 30.6. The van der Waals surface area contributed by atoms with E-state index in [1.807, 2.05) is 0 Å². The lowest BCUT2D eigenvalue weighted by atomic mass is 10.5. The van der Waals surface area contributed by atoms with Gasteiger partial charge >= 0.3 is 13.9 Å². The molecule has 10 heteroatoms. The second kappa shape index (κ2) is 12.3. The molecule has 88 valence electrons. The van der Waals surface area contributed by atoms with Crippen LogP contribution in [0.2, 0.25) is 0 Å². The van der Waals surface area contributed by atoms with Crippen LogP contribution in [0.1, 0.15) is 6.42 Å². The molecule has 0 heterocycles. The SMILES string of the molecule is NC(N)=O.NCCCO.O=P(O)(O)O. The minimum Gasteiger partial charge on any atom is -0.396 e. The quantitative estimate of drug-likeness (QED) is 0.254. The van der Waals surface area contributed by atoms with Gasteiger partial charge < -0.3 is 37.0 Å². The smallest absolute Gasteiger partial charge is 0.396 e. The highest BCUT2D eigenvalue weighted by molar-refractivity contribution is 7.45. The molecule has 14 heavy (non-hydrogen) atoms. The number of urea groups is 1. The number of hydrogen-bond donors (Lipinski definition) is 7. The average Bonchev–Trinajstić information content (AvgIpc) is 1.83. The zero-order valence-electron chi connectivity index (χ0n) is 7.41. The van der Waals surface area contributed by atoms with Crippen molar-refractivity contribution in [2.24, 2.45) is 17.2 Å². The van der Waals surface area contributed by atoms with Gasteiger partial charge in [-0.2, -0.15) is 0 Å². The molecule has 0 radical (unpaired) electrons. The Kier molecular flexibility index (Phi) is 16.7. The van der Waals surface area contributed by atoms with Gasteiger partial charge in [0.2, 0.25) is 0 Å². The van der Waals surface area contributed by atoms with Gasteiger partial charge in [0, 0.05) is 6.61 Å². The van der Waals surface area contributed by atoms with Crippen molar-refractivity contribution < 1.29 is 29.1 Å². The lowest BCUT2D eigenvalue weighted by Crippen LogP contribution is -2.18. The molecule has 9 nitrogen and oxygen atoms in total. The molecule has 0 unspecified atom stereocenters. The van der Waals surface area contributed by atoms with E-state index in [0.717, 1.165) is 6.42 Å². The van der Waals surface area contributed by atoms with Crippen molar-refractivity contribution in [3.63, 3.8) is 0 Å². The highest BCUT2D eigenvalue weighted by Gasteiger charge is 2.00. The van der Waals surface area contributed by atoms with Gasteiger partial charge in [-0.3, -0.25) is 0 Å². The van der Waals surface area contributed by atoms with Crippen LogP contribution >= 0.6 is 7.82 Å². The Morgan fingerprint density at radius 1 is 1.21 bits per heavy atom. The highest BCUT2D eigenvalue weighted by atomic mass is 31.2. The number of nitrogens with two attached hydrogens (primary N) is 3. The lowest BCUT2D eigenvalue weighted by molar-refractivity contribution is 0.256. The van der Waals surface area contributed by atoms with Gasteiger partial charge in [0.05, 0.1) is 0 Å². The number of phosphoric acid groups is 1. The van der Waals surface area contributed by atoms with Crippen molar-refractivity contribution in [1.29, 1.82) is 0 Å². The summed E-state index contributed by atoms with van der Waals surface area (Å²) in [6.07, 6.45) is 0.722. The second-order valence-electron chi connectivity index (χ2n) is 1.78. The van der Waals surface area contributed by atoms with E-state index in [0.29, 0.717) is 6.54 Å². The molecule has 0 aliphatic heterocycles. The fraction of sp³-hybridized carbons (Fsp3) is 0.750. The Labute approximate surface area is 80.8 Å². The first-order chi connectivity index (χ1) is 6.15. The molecular formula is C4H16N3O6P. The number of hydrogen-bond acceptors (Lipinski definition) is 4. The van der Waals surface area contributed by atoms with Crippen LogP contribution in [0.25, 0.3) is 0 Å². The predicted octanol–water partition coefficient (Wildman–Crippen LogP) is -2.58. The fourth-order valence-corrected chi connectivity index (χ4v) is 0.0913. The zero-order valence-corrected chi connectivity index (χ0v) is 8.30. The molecule has 0 rings (SSSR count). The number of aliphatic hydroxyl groups is 1. The molecule has 0 atom stereocenters. The van der Waals surface area contributed by atoms with E-state index in [-0.39, 0.29) is 6.61 Å². The lowest BCUT2D eigenvalue weighted by Gasteiger charge is -1.82. The van der Waals surface area contributed by atoms with Gasteiger partial charge in [-0.25, -0.2) is 9.36 Å². The van der Waals surface area contributed by atoms with Gasteiger partial charge in [-0.1, -0.05) is 0 Å². The normalized spacial score (nSPS) is 8.93. The van der Waals surface area contributed by atoms with Crippen LogP contribution in [0.4, 0.5) is 4.79 Å². The topological polar surface area (TPSA) is 193 Å². The Bertz CT molecular complexity index is 156. The number of carbonyl (C=O) groups excluding carboxylic acids is 1. The minimum atomic E-state index is -4.64. The molecule has 0 saturated carbocycles. The van der Waals surface area contributed by atoms with Crippen LogP contribution in [0.3, 0.4) is 0 Å². The van der Waals surface area contributed by atoms with Gasteiger partial charge in [-0.05, 0) is 13.0 Å². The maximum Gasteiger partial charge on any atom is 0.466 e. The van der Waals surface area contributed by atoms with Crippen molar-refractivity contribution in [2.75, 3.05) is 13.2 Å². The minimum absolute atomic E-state index is 0.219. The Balaban J connectivity index is -0.000000131. The number of amides is 2. The van der Waals surface area contributed by atoms with E-state index in [4.69, 9.17) is 34.9 Å². The number of rotatable bonds is 2. The van der Waals surface area contributed by atoms with Gasteiger partial charge in [-0.15, -0.1) is 0 Å². The summed E-state index contributed by atoms with van der Waals surface area (Å²) in [6.45, 7) is 0.812. The Morgan fingerprint density at radius 2 is 1.43 bits per heavy atom. The van der Waals surface area contributed by atoms with Crippen molar-refractivity contribution in [3.05, 3.63) is 0 Å². The molecule has 0 aliphatic carbocycles. The van der Waals surface area contributed by atoms with Crippen molar-refractivity contribution in [1.82, 2.24) is 0 Å². The van der Waals surface area contributed by atoms with Crippen LogP contribution in [0.5, 0.6) is 0 Å². The third-order valence-electron chi connectivity index (χ3n) is 0.362. The molecule has 0 aromatic rings. The van der Waals surface area contributed by atoms with Crippen molar-refractivity contribution in [3.8, 4) is 0 Å². The largest absolute Gasteiger partial charge is 0.466 e. The summed E-state index contributed by atoms with van der Waals surface area (Å²) in [6, 6.07) is -0.833. The highest BCUT2D eigenvalue weighted by Crippen LogP contribution is 2.25. The molecule has 10 N–H and O–H groups in total. The van der Waals surface area contributed by atoms with E-state index in [2.05, 4.69) is 11.5 Å². The molecule has 0 aromatic carbocycles. The summed E-state index contributed by atoms with van der Waals surface area (Å²) >= 11 is 0. The molecule has 0 saturated heterocycles. The van der Waals surface area contributed by atoms with Gasteiger partial charge in [0.1, 0.15) is 0 Å². The summed E-state index contributed by atoms with van der Waals surface area (Å²) in [7, 11) is -4.64. The summed E-state index contributed by atoms with van der Waals surface area (Å²) in [5.74, 6) is 0. The number of carbonyl (C=O) groups is 1. The molecule has 2 amide bonds. The van der Waals surface area contributed by atoms with Crippen LogP contribution < -0.4 is 17.2 Å². The Morgan fingerprint density at radius 3 is 1.43 bits per heavy atom. The Hall–Kier alpha value is -0.700. The molecule has 0 aromatic heterocycles. The monoisotopic (exact) mass is 233 g/mol. The zero-order chi connectivity index (χ0) is 12.2. The van der Waals surface area contributed by atoms with E-state index in [1.165, 1.54) is 0 Å². The summed E-state index contributed by atoms with van der Waals surface area (Å²) in [5, 5.41) is 7.99. The number of aliphatic hydroxyl groups excluding tert-OH is 1. The van der Waals surface area contributed by atoms with E-state index < -0.39 is 13.9 Å². The first-order valence-electron chi connectivity index (χ1n) is 3.29. The van der Waals surface area contributed by atoms with Crippen LogP contribution in [-0.2, 0) is 4.57 Å². The molecule has 0 bridgehead atoms. The maximum absolute atomic E-state index is 9.00. The van der Waals surface area contributed by atoms with Crippen LogP contribution in [0.15, 0.2) is 0 Å². The first kappa shape index (κ1) is 19.0. The maximum atomic E-state index is 9.00. The number of primary amides is 2. The van der Waals surface area contributed by atoms with Crippen molar-refractivity contribution in [2.45, 2.75) is 6.42 Å². The standard InChI is InChI=1S/C3H9NO.CH4N2O.H3O4P/c4-2-1-3-5;2-1(3)4;1-5(2,3)4/h5H,1-4H2;(H4,2,3,4);(H3,1,2,3,4). The third kappa shape index (κ3) is 709. The van der Waals surface area contributed by atoms with E-state index in [1.54, 1.807) is 0 Å². The first-order valence-corrected chi connectivity index (χ1v) is 4.85. The van der Waals surface area contributed by atoms with Gasteiger partial charge in [0.15, 0.2) is 0 Å². The summed E-state index contributed by atoms with van der Waals surface area (Å²) in [5.41, 5.74) is 13.5. The van der Waals surface area contributed by atoms with E-state index in [9.17, 15) is 0 Å². The second-order valence-corrected chi connectivity index (χ2v) is 2.81. The average molecular weight is 233 g/mol. The molecule has 0 fully saturated rings. The van der Waals surface area contributed by atoms with E-state index >= 15 is 0 Å².